The topological polar surface area (TPSA) is 138 Å². The summed E-state index contributed by atoms with van der Waals surface area (Å²) in [5.74, 6) is 1.80. The Balaban J connectivity index is 1.79. The van der Waals surface area contributed by atoms with Gasteiger partial charge in [0, 0.05) is 47.1 Å². The Morgan fingerprint density at radius 3 is 2.36 bits per heavy atom. The van der Waals surface area contributed by atoms with Crippen LogP contribution in [0.3, 0.4) is 0 Å². The number of anilines is 3. The fourth-order valence-electron chi connectivity index (χ4n) is 4.13. The van der Waals surface area contributed by atoms with Crippen LogP contribution in [0.5, 0.6) is 0 Å². The van der Waals surface area contributed by atoms with Crippen molar-refractivity contribution in [1.82, 2.24) is 9.88 Å². The smallest absolute Gasteiger partial charge is 0.161 e. The molecular formula is C31H41N7O3S. The molecule has 224 valence electrons. The average Bonchev–Trinajstić information content (AvgIpc) is 2.97. The van der Waals surface area contributed by atoms with Crippen molar-refractivity contribution in [2.45, 2.75) is 38.1 Å². The van der Waals surface area contributed by atoms with Crippen LogP contribution in [0.15, 0.2) is 69.7 Å². The largest absolute Gasteiger partial charge is 0.395 e. The molecule has 0 radical (unpaired) electrons. The Hall–Kier alpha value is -3.53. The Morgan fingerprint density at radius 1 is 0.976 bits per heavy atom. The second-order valence-corrected chi connectivity index (χ2v) is 11.6. The van der Waals surface area contributed by atoms with Gasteiger partial charge in [-0.3, -0.25) is 4.90 Å². The number of aliphatic hydroxyl groups excluding tert-OH is 2. The van der Waals surface area contributed by atoms with E-state index in [4.69, 9.17) is 14.8 Å². The number of benzene rings is 2. The number of aliphatic hydroxyl groups is 2. The van der Waals surface area contributed by atoms with Crippen molar-refractivity contribution >= 4 is 40.5 Å². The van der Waals surface area contributed by atoms with Gasteiger partial charge in [0.1, 0.15) is 17.6 Å². The van der Waals surface area contributed by atoms with Crippen molar-refractivity contribution in [2.75, 3.05) is 62.4 Å². The van der Waals surface area contributed by atoms with Gasteiger partial charge in [0.2, 0.25) is 0 Å². The zero-order valence-electron chi connectivity index (χ0n) is 24.8. The lowest BCUT2D eigenvalue weighted by Gasteiger charge is -2.35. The molecule has 4 N–H and O–H groups in total. The van der Waals surface area contributed by atoms with Crippen molar-refractivity contribution in [3.05, 3.63) is 65.7 Å². The number of nitrogens with zero attached hydrogens (tertiary/aromatic N) is 5. The molecule has 3 rings (SSSR count). The molecule has 11 heteroatoms. The number of hydrogen-bond acceptors (Lipinski definition) is 11. The molecule has 1 aromatic heterocycles. The fourth-order valence-corrected chi connectivity index (χ4v) is 5.00. The van der Waals surface area contributed by atoms with Gasteiger partial charge in [0.05, 0.1) is 37.7 Å². The van der Waals surface area contributed by atoms with Gasteiger partial charge in [0.25, 0.3) is 0 Å². The van der Waals surface area contributed by atoms with Crippen molar-refractivity contribution in [3.63, 3.8) is 0 Å². The van der Waals surface area contributed by atoms with Crippen molar-refractivity contribution in [2.24, 2.45) is 10.2 Å². The molecule has 0 amide bonds. The van der Waals surface area contributed by atoms with E-state index in [-0.39, 0.29) is 25.4 Å². The van der Waals surface area contributed by atoms with E-state index in [0.717, 1.165) is 22.9 Å². The molecule has 0 bridgehead atoms. The summed E-state index contributed by atoms with van der Waals surface area (Å²) in [5, 5.41) is 43.7. The number of pyridine rings is 1. The summed E-state index contributed by atoms with van der Waals surface area (Å²) in [5.41, 5.74) is 3.01. The van der Waals surface area contributed by atoms with Crippen LogP contribution in [0, 0.1) is 18.3 Å². The third kappa shape index (κ3) is 10.1. The summed E-state index contributed by atoms with van der Waals surface area (Å²) in [7, 11) is 0. The van der Waals surface area contributed by atoms with Crippen LogP contribution < -0.4 is 10.6 Å². The van der Waals surface area contributed by atoms with Gasteiger partial charge in [-0.05, 0) is 64.1 Å². The van der Waals surface area contributed by atoms with Crippen LogP contribution in [0.25, 0.3) is 0 Å². The highest BCUT2D eigenvalue weighted by molar-refractivity contribution is 7.99. The van der Waals surface area contributed by atoms with E-state index in [0.29, 0.717) is 53.8 Å². The van der Waals surface area contributed by atoms with Gasteiger partial charge < -0.3 is 25.6 Å². The first-order valence-corrected chi connectivity index (χ1v) is 14.9. The number of nitrogens with one attached hydrogen (secondary N) is 2. The summed E-state index contributed by atoms with van der Waals surface area (Å²) in [4.78, 5) is 8.10. The van der Waals surface area contributed by atoms with Gasteiger partial charge in [-0.15, -0.1) is 16.9 Å². The number of β-amino-alcohol motifs (C(OH)–C–C–N with tert-alkyl or cyclic N) is 1. The number of para-hydroxylation sites is 1. The number of aromatic nitrogens is 1. The highest BCUT2D eigenvalue weighted by Crippen LogP contribution is 2.36. The summed E-state index contributed by atoms with van der Waals surface area (Å²) in [6, 6.07) is 19.7. The second-order valence-electron chi connectivity index (χ2n) is 10.4. The summed E-state index contributed by atoms with van der Waals surface area (Å²) in [6.45, 7) is 11.0. The normalized spacial score (nSPS) is 11.7. The molecule has 0 atom stereocenters. The van der Waals surface area contributed by atoms with Crippen LogP contribution in [0.1, 0.15) is 31.9 Å². The molecule has 0 saturated heterocycles. The van der Waals surface area contributed by atoms with E-state index < -0.39 is 0 Å². The van der Waals surface area contributed by atoms with Crippen LogP contribution in [0.2, 0.25) is 0 Å². The van der Waals surface area contributed by atoms with Gasteiger partial charge in [0.15, 0.2) is 5.82 Å². The van der Waals surface area contributed by atoms with Crippen molar-refractivity contribution < 1.29 is 14.9 Å². The van der Waals surface area contributed by atoms with E-state index in [1.807, 2.05) is 61.5 Å². The molecule has 0 aliphatic rings. The second kappa shape index (κ2) is 16.8. The number of nitriles is 1. The molecule has 2 aromatic carbocycles. The van der Waals surface area contributed by atoms with Gasteiger partial charge >= 0.3 is 0 Å². The maximum absolute atomic E-state index is 9.94. The fraction of sp³-hybridized carbons (Fsp3) is 0.419. The first-order valence-electron chi connectivity index (χ1n) is 14.0. The van der Waals surface area contributed by atoms with E-state index in [1.165, 1.54) is 0 Å². The Kier molecular flexibility index (Phi) is 13.2. The molecule has 0 spiro atoms. The lowest BCUT2D eigenvalue weighted by atomic mass is 10.1. The Bertz CT molecular complexity index is 1320. The maximum Gasteiger partial charge on any atom is 0.161 e. The molecule has 0 saturated carbocycles. The minimum Gasteiger partial charge on any atom is -0.395 e. The van der Waals surface area contributed by atoms with Crippen LogP contribution in [-0.4, -0.2) is 77.5 Å². The molecule has 0 aliphatic carbocycles. The molecule has 0 aliphatic heterocycles. The summed E-state index contributed by atoms with van der Waals surface area (Å²) < 4.78 is 5.32. The van der Waals surface area contributed by atoms with Crippen molar-refractivity contribution in [1.29, 1.82) is 5.26 Å². The molecule has 1 heterocycles. The number of ether oxygens (including phenoxy) is 1. The number of azo groups is 1. The first-order chi connectivity index (χ1) is 20.3. The zero-order chi connectivity index (χ0) is 30.4. The Morgan fingerprint density at radius 2 is 1.71 bits per heavy atom. The third-order valence-corrected chi connectivity index (χ3v) is 7.38. The predicted octanol–water partition coefficient (Wildman–Crippen LogP) is 6.03. The number of thioether (sulfide) groups is 1. The van der Waals surface area contributed by atoms with E-state index in [2.05, 4.69) is 52.6 Å². The maximum atomic E-state index is 9.94. The van der Waals surface area contributed by atoms with E-state index in [1.54, 1.807) is 11.8 Å². The molecule has 10 nitrogen and oxygen atoms in total. The van der Waals surface area contributed by atoms with Crippen molar-refractivity contribution in [3.8, 4) is 6.07 Å². The SMILES string of the molecule is Cc1c(C#N)c(NCCOCCO)nc(Nc2ccccc2)c1N=Nc1ccc(SCCN(CCO)C(C)(C)C)cc1. The van der Waals surface area contributed by atoms with Gasteiger partial charge in [-0.25, -0.2) is 4.98 Å². The van der Waals surface area contributed by atoms with Crippen LogP contribution >= 0.6 is 11.8 Å². The molecule has 3 aromatic rings. The number of hydrogen-bond donors (Lipinski definition) is 4. The molecule has 0 unspecified atom stereocenters. The average molecular weight is 592 g/mol. The first kappa shape index (κ1) is 33.0. The highest BCUT2D eigenvalue weighted by Gasteiger charge is 2.20. The molecular weight excluding hydrogens is 550 g/mol. The highest BCUT2D eigenvalue weighted by atomic mass is 32.2. The monoisotopic (exact) mass is 591 g/mol. The van der Waals surface area contributed by atoms with Crippen LogP contribution in [0.4, 0.5) is 28.7 Å². The van der Waals surface area contributed by atoms with Gasteiger partial charge in [-0.2, -0.15) is 10.4 Å². The van der Waals surface area contributed by atoms with Crippen LogP contribution in [-0.2, 0) is 4.74 Å². The summed E-state index contributed by atoms with van der Waals surface area (Å²) in [6.07, 6.45) is 0. The lowest BCUT2D eigenvalue weighted by Crippen LogP contribution is -2.44. The summed E-state index contributed by atoms with van der Waals surface area (Å²) >= 11 is 1.76. The molecule has 42 heavy (non-hydrogen) atoms. The minimum atomic E-state index is -0.0468. The number of rotatable bonds is 16. The Labute approximate surface area is 252 Å². The predicted molar refractivity (Wildman–Crippen MR) is 170 cm³/mol. The lowest BCUT2D eigenvalue weighted by molar-refractivity contribution is 0.0992. The van der Waals surface area contributed by atoms with E-state index in [9.17, 15) is 10.4 Å². The third-order valence-electron chi connectivity index (χ3n) is 6.39. The van der Waals surface area contributed by atoms with Gasteiger partial charge in [-0.1, -0.05) is 18.2 Å². The minimum absolute atomic E-state index is 0.00311. The van der Waals surface area contributed by atoms with E-state index >= 15 is 0 Å². The molecule has 0 fully saturated rings. The zero-order valence-corrected chi connectivity index (χ0v) is 25.6. The standard InChI is InChI=1S/C31H41N7O3S/c1-23-27(22-32)29(33-14-19-41-20-18-40)35-30(34-24-8-6-5-7-9-24)28(23)37-36-25-10-12-26(13-11-25)42-21-16-38(15-17-39)31(2,3)4/h5-13,39-40H,14-21H2,1-4H3,(H2,33,34,35). The quantitative estimate of drug-likeness (QED) is 0.0894.